The zero-order valence-electron chi connectivity index (χ0n) is 9.01. The van der Waals surface area contributed by atoms with Crippen LogP contribution in [0.4, 0.5) is 0 Å². The van der Waals surface area contributed by atoms with Crippen molar-refractivity contribution in [1.82, 2.24) is 4.90 Å². The number of halogens is 1. The molecule has 2 rings (SSSR count). The number of carbonyl (C=O) groups is 1. The molecule has 1 saturated heterocycles. The van der Waals surface area contributed by atoms with Gasteiger partial charge < -0.3 is 9.64 Å². The third-order valence-corrected chi connectivity index (χ3v) is 4.75. The number of nitrogens with zero attached hydrogens (tertiary/aromatic N) is 1. The average molecular weight is 276 g/mol. The molecule has 2 fully saturated rings. The first kappa shape index (κ1) is 11.4. The van der Waals surface area contributed by atoms with Crippen LogP contribution in [-0.2, 0) is 9.53 Å². The van der Waals surface area contributed by atoms with Crippen LogP contribution in [0.1, 0.15) is 25.7 Å². The van der Waals surface area contributed by atoms with Gasteiger partial charge in [0.05, 0.1) is 6.61 Å². The third kappa shape index (κ3) is 2.53. The number of ether oxygens (including phenoxy) is 1. The number of morpholine rings is 1. The highest BCUT2D eigenvalue weighted by atomic mass is 79.9. The van der Waals surface area contributed by atoms with Gasteiger partial charge in [0.1, 0.15) is 6.61 Å². The van der Waals surface area contributed by atoms with Gasteiger partial charge in [-0.1, -0.05) is 28.8 Å². The van der Waals surface area contributed by atoms with Crippen LogP contribution < -0.4 is 0 Å². The summed E-state index contributed by atoms with van der Waals surface area (Å²) >= 11 is 3.61. The van der Waals surface area contributed by atoms with Crippen molar-refractivity contribution in [3.63, 3.8) is 0 Å². The second kappa shape index (κ2) is 4.83. The molecule has 0 aromatic rings. The Morgan fingerprint density at radius 1 is 1.40 bits per heavy atom. The molecule has 0 spiro atoms. The fraction of sp³-hybridized carbons (Fsp3) is 0.909. The largest absolute Gasteiger partial charge is 0.370 e. The monoisotopic (exact) mass is 275 g/mol. The van der Waals surface area contributed by atoms with Gasteiger partial charge in [-0.3, -0.25) is 4.79 Å². The summed E-state index contributed by atoms with van der Waals surface area (Å²) in [4.78, 5) is 13.6. The zero-order valence-corrected chi connectivity index (χ0v) is 10.6. The summed E-state index contributed by atoms with van der Waals surface area (Å²) < 4.78 is 5.14. The molecule has 4 heteroatoms. The SMILES string of the molecule is O=C1COCCN1CC1(CBr)CCCC1. The van der Waals surface area contributed by atoms with Gasteiger partial charge in [0.2, 0.25) is 5.91 Å². The second-order valence-corrected chi connectivity index (χ2v) is 5.27. The molecule has 0 aromatic heterocycles. The van der Waals surface area contributed by atoms with E-state index in [0.29, 0.717) is 12.0 Å². The Kier molecular flexibility index (Phi) is 3.67. The van der Waals surface area contributed by atoms with Crippen molar-refractivity contribution < 1.29 is 9.53 Å². The van der Waals surface area contributed by atoms with E-state index in [1.807, 2.05) is 4.90 Å². The van der Waals surface area contributed by atoms with Crippen molar-refractivity contribution in [2.45, 2.75) is 25.7 Å². The Morgan fingerprint density at radius 3 is 2.73 bits per heavy atom. The van der Waals surface area contributed by atoms with Gasteiger partial charge >= 0.3 is 0 Å². The molecule has 2 aliphatic rings. The second-order valence-electron chi connectivity index (χ2n) is 4.71. The molecule has 1 aliphatic carbocycles. The lowest BCUT2D eigenvalue weighted by atomic mass is 9.88. The van der Waals surface area contributed by atoms with Gasteiger partial charge in [-0.2, -0.15) is 0 Å². The lowest BCUT2D eigenvalue weighted by molar-refractivity contribution is -0.144. The van der Waals surface area contributed by atoms with Crippen molar-refractivity contribution in [3.05, 3.63) is 0 Å². The minimum atomic E-state index is 0.161. The number of alkyl halides is 1. The smallest absolute Gasteiger partial charge is 0.248 e. The van der Waals surface area contributed by atoms with E-state index in [1.165, 1.54) is 25.7 Å². The fourth-order valence-corrected chi connectivity index (χ4v) is 3.32. The van der Waals surface area contributed by atoms with Crippen molar-refractivity contribution in [3.8, 4) is 0 Å². The predicted molar refractivity (Wildman–Crippen MR) is 62.1 cm³/mol. The van der Waals surface area contributed by atoms with E-state index in [9.17, 15) is 4.79 Å². The van der Waals surface area contributed by atoms with Crippen LogP contribution in [-0.4, -0.2) is 42.4 Å². The van der Waals surface area contributed by atoms with E-state index in [2.05, 4.69) is 15.9 Å². The highest BCUT2D eigenvalue weighted by Crippen LogP contribution is 2.40. The summed E-state index contributed by atoms with van der Waals surface area (Å²) in [5, 5.41) is 1.02. The molecule has 86 valence electrons. The lowest BCUT2D eigenvalue weighted by Crippen LogP contribution is -2.47. The molecule has 1 aliphatic heterocycles. The molecular formula is C11H18BrNO2. The quantitative estimate of drug-likeness (QED) is 0.736. The highest BCUT2D eigenvalue weighted by molar-refractivity contribution is 9.09. The van der Waals surface area contributed by atoms with Gasteiger partial charge in [-0.25, -0.2) is 0 Å². The molecule has 0 atom stereocenters. The fourth-order valence-electron chi connectivity index (χ4n) is 2.58. The maximum atomic E-state index is 11.6. The van der Waals surface area contributed by atoms with Gasteiger partial charge in [0.25, 0.3) is 0 Å². The van der Waals surface area contributed by atoms with Crippen molar-refractivity contribution in [1.29, 1.82) is 0 Å². The first-order valence-electron chi connectivity index (χ1n) is 5.67. The predicted octanol–water partition coefficient (Wildman–Crippen LogP) is 1.80. The number of amides is 1. The molecule has 1 saturated carbocycles. The molecule has 0 bridgehead atoms. The normalized spacial score (nSPS) is 25.9. The summed E-state index contributed by atoms with van der Waals surface area (Å²) in [6.07, 6.45) is 5.13. The minimum Gasteiger partial charge on any atom is -0.370 e. The standard InChI is InChI=1S/C11H18BrNO2/c12-8-11(3-1-2-4-11)9-13-5-6-15-7-10(13)14/h1-9H2. The van der Waals surface area contributed by atoms with Crippen LogP contribution in [0.2, 0.25) is 0 Å². The van der Waals surface area contributed by atoms with E-state index >= 15 is 0 Å². The molecular weight excluding hydrogens is 258 g/mol. The van der Waals surface area contributed by atoms with Crippen LogP contribution in [0.25, 0.3) is 0 Å². The van der Waals surface area contributed by atoms with Crippen LogP contribution in [0.15, 0.2) is 0 Å². The number of hydrogen-bond acceptors (Lipinski definition) is 2. The van der Waals surface area contributed by atoms with Gasteiger partial charge in [0.15, 0.2) is 0 Å². The molecule has 3 nitrogen and oxygen atoms in total. The van der Waals surface area contributed by atoms with Crippen molar-refractivity contribution in [2.24, 2.45) is 5.41 Å². The zero-order chi connectivity index (χ0) is 10.7. The maximum absolute atomic E-state index is 11.6. The van der Waals surface area contributed by atoms with Crippen LogP contribution in [0.3, 0.4) is 0 Å². The van der Waals surface area contributed by atoms with Crippen LogP contribution in [0, 0.1) is 5.41 Å². The van der Waals surface area contributed by atoms with E-state index in [0.717, 1.165) is 18.4 Å². The number of hydrogen-bond donors (Lipinski definition) is 0. The van der Waals surface area contributed by atoms with Crippen LogP contribution >= 0.6 is 15.9 Å². The third-order valence-electron chi connectivity index (χ3n) is 3.56. The summed E-state index contributed by atoms with van der Waals surface area (Å²) in [6.45, 7) is 2.66. The Bertz CT molecular complexity index is 239. The molecule has 0 N–H and O–H groups in total. The van der Waals surface area contributed by atoms with Gasteiger partial charge in [-0.05, 0) is 18.3 Å². The molecule has 0 unspecified atom stereocenters. The summed E-state index contributed by atoms with van der Waals surface area (Å²) in [5.74, 6) is 0.161. The molecule has 1 heterocycles. The average Bonchev–Trinajstić information content (AvgIpc) is 2.71. The Labute approximate surface area is 99.3 Å². The summed E-state index contributed by atoms with van der Waals surface area (Å²) in [7, 11) is 0. The van der Waals surface area contributed by atoms with Crippen molar-refractivity contribution in [2.75, 3.05) is 31.6 Å². The molecule has 0 radical (unpaired) electrons. The van der Waals surface area contributed by atoms with E-state index in [4.69, 9.17) is 4.74 Å². The lowest BCUT2D eigenvalue weighted by Gasteiger charge is -2.36. The molecule has 1 amide bonds. The summed E-state index contributed by atoms with van der Waals surface area (Å²) in [5.41, 5.74) is 0.340. The first-order chi connectivity index (χ1) is 7.26. The van der Waals surface area contributed by atoms with Gasteiger partial charge in [0, 0.05) is 18.4 Å². The Morgan fingerprint density at radius 2 is 2.13 bits per heavy atom. The number of carbonyl (C=O) groups excluding carboxylic acids is 1. The van der Waals surface area contributed by atoms with Crippen molar-refractivity contribution >= 4 is 21.8 Å². The first-order valence-corrected chi connectivity index (χ1v) is 6.79. The maximum Gasteiger partial charge on any atom is 0.248 e. The Hall–Kier alpha value is -0.0900. The van der Waals surface area contributed by atoms with Gasteiger partial charge in [-0.15, -0.1) is 0 Å². The number of rotatable bonds is 3. The van der Waals surface area contributed by atoms with E-state index in [1.54, 1.807) is 0 Å². The van der Waals surface area contributed by atoms with E-state index < -0.39 is 0 Å². The topological polar surface area (TPSA) is 29.5 Å². The summed E-state index contributed by atoms with van der Waals surface area (Å²) in [6, 6.07) is 0. The molecule has 0 aromatic carbocycles. The highest BCUT2D eigenvalue weighted by Gasteiger charge is 2.36. The minimum absolute atomic E-state index is 0.161. The Balaban J connectivity index is 1.96. The van der Waals surface area contributed by atoms with Crippen LogP contribution in [0.5, 0.6) is 0 Å². The van der Waals surface area contributed by atoms with E-state index in [-0.39, 0.29) is 12.5 Å². The molecule has 15 heavy (non-hydrogen) atoms.